The fraction of sp³-hybridized carbons (Fsp3) is 0.312. The zero-order chi connectivity index (χ0) is 17.3. The third-order valence-corrected chi connectivity index (χ3v) is 5.13. The Kier molecular flexibility index (Phi) is 4.33. The van der Waals surface area contributed by atoms with Crippen molar-refractivity contribution in [1.29, 1.82) is 0 Å². The molecule has 0 aliphatic carbocycles. The molecule has 0 atom stereocenters. The molecule has 1 fully saturated rings. The summed E-state index contributed by atoms with van der Waals surface area (Å²) >= 11 is 0. The van der Waals surface area contributed by atoms with Crippen LogP contribution < -0.4 is 10.0 Å². The van der Waals surface area contributed by atoms with Gasteiger partial charge in [-0.05, 0) is 25.1 Å². The predicted molar refractivity (Wildman–Crippen MR) is 89.4 cm³/mol. The first-order valence-electron chi connectivity index (χ1n) is 7.58. The van der Waals surface area contributed by atoms with E-state index in [0.29, 0.717) is 43.2 Å². The van der Waals surface area contributed by atoms with Gasteiger partial charge >= 0.3 is 0 Å². The Bertz CT molecular complexity index is 852. The molecule has 8 heteroatoms. The Morgan fingerprint density at radius 1 is 1.12 bits per heavy atom. The normalized spacial score (nSPS) is 15.6. The number of para-hydroxylation sites is 1. The molecule has 0 spiro atoms. The summed E-state index contributed by atoms with van der Waals surface area (Å²) in [5, 5.41) is 5.29. The van der Waals surface area contributed by atoms with Crippen molar-refractivity contribution in [2.24, 2.45) is 5.14 Å². The molecular weight excluding hydrogens is 330 g/mol. The Labute approximate surface area is 140 Å². The summed E-state index contributed by atoms with van der Waals surface area (Å²) in [6.45, 7) is 3.83. The molecule has 1 aliphatic heterocycles. The molecule has 1 aromatic carbocycles. The zero-order valence-electron chi connectivity index (χ0n) is 13.3. The summed E-state index contributed by atoms with van der Waals surface area (Å²) in [5.74, 6) is 0.530. The summed E-state index contributed by atoms with van der Waals surface area (Å²) in [5.41, 5.74) is 1.14. The molecule has 1 aromatic heterocycles. The van der Waals surface area contributed by atoms with Crippen LogP contribution in [0.2, 0.25) is 0 Å². The fourth-order valence-electron chi connectivity index (χ4n) is 2.89. The first-order chi connectivity index (χ1) is 11.4. The maximum atomic E-state index is 12.5. The SMILES string of the molecule is Cc1occc1C(=O)N1CCN(c2ccccc2S(N)(=O)=O)CC1. The predicted octanol–water partition coefficient (Wildman–Crippen LogP) is 1.20. The molecule has 7 nitrogen and oxygen atoms in total. The lowest BCUT2D eigenvalue weighted by molar-refractivity contribution is 0.0745. The number of nitrogens with zero attached hydrogens (tertiary/aromatic N) is 2. The van der Waals surface area contributed by atoms with Crippen molar-refractivity contribution < 1.29 is 17.6 Å². The van der Waals surface area contributed by atoms with Crippen molar-refractivity contribution in [2.45, 2.75) is 11.8 Å². The van der Waals surface area contributed by atoms with Gasteiger partial charge in [0.2, 0.25) is 10.0 Å². The largest absolute Gasteiger partial charge is 0.469 e. The van der Waals surface area contributed by atoms with Crippen LogP contribution in [0.25, 0.3) is 0 Å². The van der Waals surface area contributed by atoms with E-state index >= 15 is 0 Å². The number of piperazine rings is 1. The molecule has 3 rings (SSSR count). The van der Waals surface area contributed by atoms with Gasteiger partial charge in [-0.2, -0.15) is 0 Å². The van der Waals surface area contributed by atoms with Gasteiger partial charge in [-0.1, -0.05) is 12.1 Å². The number of benzene rings is 1. The molecule has 2 heterocycles. The van der Waals surface area contributed by atoms with Gasteiger partial charge in [0, 0.05) is 26.2 Å². The number of rotatable bonds is 3. The van der Waals surface area contributed by atoms with Crippen molar-refractivity contribution in [1.82, 2.24) is 4.90 Å². The molecule has 0 radical (unpaired) electrons. The number of hydrogen-bond donors (Lipinski definition) is 1. The zero-order valence-corrected chi connectivity index (χ0v) is 14.1. The minimum atomic E-state index is -3.79. The molecule has 1 aliphatic rings. The summed E-state index contributed by atoms with van der Waals surface area (Å²) in [6.07, 6.45) is 1.50. The van der Waals surface area contributed by atoms with Crippen molar-refractivity contribution >= 4 is 21.6 Å². The molecule has 2 N–H and O–H groups in total. The number of sulfonamides is 1. The van der Waals surface area contributed by atoms with Crippen LogP contribution in [-0.4, -0.2) is 45.4 Å². The minimum absolute atomic E-state index is 0.0689. The third-order valence-electron chi connectivity index (χ3n) is 4.17. The Morgan fingerprint density at radius 2 is 1.79 bits per heavy atom. The van der Waals surface area contributed by atoms with Gasteiger partial charge in [0.05, 0.1) is 17.5 Å². The van der Waals surface area contributed by atoms with Gasteiger partial charge in [-0.3, -0.25) is 4.79 Å². The summed E-state index contributed by atoms with van der Waals surface area (Å²) in [6, 6.07) is 8.32. The number of carbonyl (C=O) groups is 1. The first-order valence-corrected chi connectivity index (χ1v) is 9.12. The highest BCUT2D eigenvalue weighted by atomic mass is 32.2. The highest BCUT2D eigenvalue weighted by Gasteiger charge is 2.26. The van der Waals surface area contributed by atoms with E-state index in [4.69, 9.17) is 9.56 Å². The molecule has 128 valence electrons. The Morgan fingerprint density at radius 3 is 2.38 bits per heavy atom. The maximum Gasteiger partial charge on any atom is 0.257 e. The third kappa shape index (κ3) is 3.15. The number of anilines is 1. The summed E-state index contributed by atoms with van der Waals surface area (Å²) < 4.78 is 28.7. The van der Waals surface area contributed by atoms with Crippen molar-refractivity contribution in [3.8, 4) is 0 Å². The molecule has 0 bridgehead atoms. The van der Waals surface area contributed by atoms with Gasteiger partial charge in [0.25, 0.3) is 5.91 Å². The van der Waals surface area contributed by atoms with E-state index in [9.17, 15) is 13.2 Å². The van der Waals surface area contributed by atoms with Gasteiger partial charge in [-0.15, -0.1) is 0 Å². The van der Waals surface area contributed by atoms with E-state index in [2.05, 4.69) is 0 Å². The van der Waals surface area contributed by atoms with Crippen LogP contribution >= 0.6 is 0 Å². The maximum absolute atomic E-state index is 12.5. The van der Waals surface area contributed by atoms with Gasteiger partial charge in [0.1, 0.15) is 10.7 Å². The summed E-state index contributed by atoms with van der Waals surface area (Å²) in [7, 11) is -3.79. The highest BCUT2D eigenvalue weighted by molar-refractivity contribution is 7.89. The highest BCUT2D eigenvalue weighted by Crippen LogP contribution is 2.25. The second-order valence-corrected chi connectivity index (χ2v) is 7.21. The van der Waals surface area contributed by atoms with Gasteiger partial charge in [-0.25, -0.2) is 13.6 Å². The average molecular weight is 349 g/mol. The van der Waals surface area contributed by atoms with E-state index in [-0.39, 0.29) is 10.8 Å². The van der Waals surface area contributed by atoms with Crippen LogP contribution in [-0.2, 0) is 10.0 Å². The lowest BCUT2D eigenvalue weighted by Crippen LogP contribution is -2.49. The summed E-state index contributed by atoms with van der Waals surface area (Å²) in [4.78, 5) is 16.3. The fourth-order valence-corrected chi connectivity index (χ4v) is 3.64. The van der Waals surface area contributed by atoms with E-state index < -0.39 is 10.0 Å². The average Bonchev–Trinajstić information content (AvgIpc) is 2.99. The Balaban J connectivity index is 1.75. The number of primary sulfonamides is 1. The van der Waals surface area contributed by atoms with Gasteiger partial charge in [0.15, 0.2) is 0 Å². The molecule has 0 saturated carbocycles. The van der Waals surface area contributed by atoms with E-state index in [0.717, 1.165) is 0 Å². The molecule has 2 aromatic rings. The second kappa shape index (κ2) is 6.29. The van der Waals surface area contributed by atoms with E-state index in [1.165, 1.54) is 12.3 Å². The standard InChI is InChI=1S/C16H19N3O4S/c1-12-13(6-11-23-12)16(20)19-9-7-18(8-10-19)14-4-2-3-5-15(14)24(17,21)22/h2-6,11H,7-10H2,1H3,(H2,17,21,22). The number of aryl methyl sites for hydroxylation is 1. The monoisotopic (exact) mass is 349 g/mol. The lowest BCUT2D eigenvalue weighted by Gasteiger charge is -2.36. The van der Waals surface area contributed by atoms with Crippen molar-refractivity contribution in [2.75, 3.05) is 31.1 Å². The number of amides is 1. The lowest BCUT2D eigenvalue weighted by atomic mass is 10.2. The number of carbonyl (C=O) groups excluding carboxylic acids is 1. The topological polar surface area (TPSA) is 96.8 Å². The molecule has 0 unspecified atom stereocenters. The number of nitrogens with two attached hydrogens (primary N) is 1. The van der Waals surface area contributed by atoms with Crippen molar-refractivity contribution in [3.63, 3.8) is 0 Å². The van der Waals surface area contributed by atoms with Crippen LogP contribution in [0.3, 0.4) is 0 Å². The molecule has 24 heavy (non-hydrogen) atoms. The molecule has 1 saturated heterocycles. The van der Waals surface area contributed by atoms with E-state index in [1.54, 1.807) is 36.1 Å². The smallest absolute Gasteiger partial charge is 0.257 e. The van der Waals surface area contributed by atoms with Gasteiger partial charge < -0.3 is 14.2 Å². The number of hydrogen-bond acceptors (Lipinski definition) is 5. The van der Waals surface area contributed by atoms with Crippen LogP contribution in [0.5, 0.6) is 0 Å². The minimum Gasteiger partial charge on any atom is -0.469 e. The molecular formula is C16H19N3O4S. The van der Waals surface area contributed by atoms with Crippen molar-refractivity contribution in [3.05, 3.63) is 47.9 Å². The second-order valence-electron chi connectivity index (χ2n) is 5.68. The van der Waals surface area contributed by atoms with E-state index in [1.807, 2.05) is 4.90 Å². The van der Waals surface area contributed by atoms with Crippen LogP contribution in [0.4, 0.5) is 5.69 Å². The Hall–Kier alpha value is -2.32. The van der Waals surface area contributed by atoms with Crippen LogP contribution in [0.1, 0.15) is 16.1 Å². The van der Waals surface area contributed by atoms with Crippen LogP contribution in [0, 0.1) is 6.92 Å². The molecule has 1 amide bonds. The number of furan rings is 1. The van der Waals surface area contributed by atoms with Crippen LogP contribution in [0.15, 0.2) is 45.9 Å². The quantitative estimate of drug-likeness (QED) is 0.898. The first kappa shape index (κ1) is 16.5.